The predicted molar refractivity (Wildman–Crippen MR) is 88.1 cm³/mol. The van der Waals surface area contributed by atoms with Crippen LogP contribution in [0.2, 0.25) is 0 Å². The summed E-state index contributed by atoms with van der Waals surface area (Å²) >= 11 is 0. The van der Waals surface area contributed by atoms with E-state index < -0.39 is 0 Å². The summed E-state index contributed by atoms with van der Waals surface area (Å²) in [6.07, 6.45) is 3.81. The normalized spacial score (nSPS) is 12.3. The molecule has 20 heavy (non-hydrogen) atoms. The number of hydrogen-bond acceptors (Lipinski definition) is 3. The molecule has 0 aliphatic rings. The standard InChI is InChI=1S/C17H29N3/c1-8-11-20(17(5,6)7)15-12-14(9-10-18-15)13-19-16(2,3)4/h8-10,12,19H,1,11,13H2,2-7H3. The Morgan fingerprint density at radius 3 is 2.40 bits per heavy atom. The summed E-state index contributed by atoms with van der Waals surface area (Å²) in [7, 11) is 0. The average Bonchev–Trinajstić information content (AvgIpc) is 2.31. The fraction of sp³-hybridized carbons (Fsp3) is 0.588. The quantitative estimate of drug-likeness (QED) is 0.829. The Hall–Kier alpha value is -1.35. The predicted octanol–water partition coefficient (Wildman–Crippen LogP) is 3.76. The number of aromatic nitrogens is 1. The summed E-state index contributed by atoms with van der Waals surface area (Å²) in [6, 6.07) is 4.23. The van der Waals surface area contributed by atoms with Crippen LogP contribution in [0.4, 0.5) is 5.82 Å². The van der Waals surface area contributed by atoms with Gasteiger partial charge >= 0.3 is 0 Å². The van der Waals surface area contributed by atoms with E-state index in [4.69, 9.17) is 0 Å². The molecule has 1 aromatic rings. The van der Waals surface area contributed by atoms with Crippen LogP contribution in [0.5, 0.6) is 0 Å². The van der Waals surface area contributed by atoms with Gasteiger partial charge in [-0.2, -0.15) is 0 Å². The Bertz CT molecular complexity index is 438. The van der Waals surface area contributed by atoms with Gasteiger partial charge in [-0.3, -0.25) is 0 Å². The van der Waals surface area contributed by atoms with Gasteiger partial charge in [0.2, 0.25) is 0 Å². The third kappa shape index (κ3) is 5.33. The van der Waals surface area contributed by atoms with Crippen LogP contribution in [-0.2, 0) is 6.54 Å². The van der Waals surface area contributed by atoms with Crippen LogP contribution < -0.4 is 10.2 Å². The Morgan fingerprint density at radius 1 is 1.25 bits per heavy atom. The highest BCUT2D eigenvalue weighted by atomic mass is 15.2. The molecule has 1 rings (SSSR count). The summed E-state index contributed by atoms with van der Waals surface area (Å²) in [5, 5.41) is 3.51. The van der Waals surface area contributed by atoms with E-state index in [2.05, 4.69) is 75.5 Å². The van der Waals surface area contributed by atoms with Crippen molar-refractivity contribution in [2.24, 2.45) is 0 Å². The zero-order valence-corrected chi connectivity index (χ0v) is 13.8. The van der Waals surface area contributed by atoms with E-state index >= 15 is 0 Å². The van der Waals surface area contributed by atoms with Crippen LogP contribution in [0.25, 0.3) is 0 Å². The second-order valence-electron chi connectivity index (χ2n) is 7.20. The van der Waals surface area contributed by atoms with Crippen molar-refractivity contribution in [1.82, 2.24) is 10.3 Å². The molecule has 0 aromatic carbocycles. The molecule has 0 spiro atoms. The van der Waals surface area contributed by atoms with Crippen molar-refractivity contribution in [2.45, 2.75) is 59.2 Å². The first-order chi connectivity index (χ1) is 9.13. The highest BCUT2D eigenvalue weighted by Crippen LogP contribution is 2.22. The van der Waals surface area contributed by atoms with Gasteiger partial charge in [0.1, 0.15) is 5.82 Å². The maximum absolute atomic E-state index is 4.52. The largest absolute Gasteiger partial charge is 0.348 e. The smallest absolute Gasteiger partial charge is 0.129 e. The van der Waals surface area contributed by atoms with Crippen LogP contribution in [-0.4, -0.2) is 22.6 Å². The molecule has 3 heteroatoms. The van der Waals surface area contributed by atoms with Crippen LogP contribution >= 0.6 is 0 Å². The van der Waals surface area contributed by atoms with Crippen molar-refractivity contribution in [2.75, 3.05) is 11.4 Å². The van der Waals surface area contributed by atoms with Gasteiger partial charge in [-0.25, -0.2) is 4.98 Å². The van der Waals surface area contributed by atoms with Crippen molar-refractivity contribution in [3.05, 3.63) is 36.5 Å². The lowest BCUT2D eigenvalue weighted by atomic mass is 10.1. The molecule has 0 amide bonds. The van der Waals surface area contributed by atoms with Crippen LogP contribution in [0.3, 0.4) is 0 Å². The molecule has 112 valence electrons. The monoisotopic (exact) mass is 275 g/mol. The first-order valence-corrected chi connectivity index (χ1v) is 7.22. The minimum atomic E-state index is 0.0251. The third-order valence-corrected chi connectivity index (χ3v) is 3.03. The lowest BCUT2D eigenvalue weighted by molar-refractivity contribution is 0.424. The Kier molecular flexibility index (Phi) is 5.35. The maximum Gasteiger partial charge on any atom is 0.129 e. The number of hydrogen-bond donors (Lipinski definition) is 1. The Balaban J connectivity index is 2.93. The molecule has 3 nitrogen and oxygen atoms in total. The minimum absolute atomic E-state index is 0.0251. The zero-order valence-electron chi connectivity index (χ0n) is 13.8. The van der Waals surface area contributed by atoms with Gasteiger partial charge in [0.25, 0.3) is 0 Å². The van der Waals surface area contributed by atoms with Crippen LogP contribution in [0, 0.1) is 0 Å². The highest BCUT2D eigenvalue weighted by molar-refractivity contribution is 5.44. The summed E-state index contributed by atoms with van der Waals surface area (Å²) in [6.45, 7) is 18.6. The molecule has 1 heterocycles. The number of anilines is 1. The molecule has 0 fully saturated rings. The molecular formula is C17H29N3. The topological polar surface area (TPSA) is 28.2 Å². The molecule has 0 saturated carbocycles. The fourth-order valence-corrected chi connectivity index (χ4v) is 1.93. The molecule has 0 atom stereocenters. The molecule has 0 aliphatic carbocycles. The molecule has 0 aliphatic heterocycles. The second kappa shape index (κ2) is 6.40. The van der Waals surface area contributed by atoms with Crippen molar-refractivity contribution in [1.29, 1.82) is 0 Å². The fourth-order valence-electron chi connectivity index (χ4n) is 1.93. The third-order valence-electron chi connectivity index (χ3n) is 3.03. The van der Waals surface area contributed by atoms with Gasteiger partial charge in [-0.15, -0.1) is 6.58 Å². The van der Waals surface area contributed by atoms with E-state index in [-0.39, 0.29) is 11.1 Å². The summed E-state index contributed by atoms with van der Waals surface area (Å²) in [5.41, 5.74) is 1.40. The SMILES string of the molecule is C=CCN(c1cc(CNC(C)(C)C)ccn1)C(C)(C)C. The lowest BCUT2D eigenvalue weighted by Crippen LogP contribution is -2.42. The molecule has 1 aromatic heterocycles. The van der Waals surface area contributed by atoms with Gasteiger partial charge in [-0.05, 0) is 59.2 Å². The number of nitrogens with zero attached hydrogens (tertiary/aromatic N) is 2. The molecule has 0 radical (unpaired) electrons. The van der Waals surface area contributed by atoms with Gasteiger partial charge in [0.05, 0.1) is 0 Å². The highest BCUT2D eigenvalue weighted by Gasteiger charge is 2.21. The van der Waals surface area contributed by atoms with E-state index in [9.17, 15) is 0 Å². The van der Waals surface area contributed by atoms with Crippen LogP contribution in [0.1, 0.15) is 47.1 Å². The van der Waals surface area contributed by atoms with Crippen molar-refractivity contribution < 1.29 is 0 Å². The van der Waals surface area contributed by atoms with Gasteiger partial charge in [0, 0.05) is 30.4 Å². The number of nitrogens with one attached hydrogen (secondary N) is 1. The number of pyridine rings is 1. The van der Waals surface area contributed by atoms with E-state index in [0.717, 1.165) is 18.9 Å². The summed E-state index contributed by atoms with van der Waals surface area (Å²) in [4.78, 5) is 6.78. The molecular weight excluding hydrogens is 246 g/mol. The van der Waals surface area contributed by atoms with Crippen molar-refractivity contribution >= 4 is 5.82 Å². The van der Waals surface area contributed by atoms with Gasteiger partial charge < -0.3 is 10.2 Å². The molecule has 0 unspecified atom stereocenters. The average molecular weight is 275 g/mol. The first kappa shape index (κ1) is 16.7. The van der Waals surface area contributed by atoms with E-state index in [1.165, 1.54) is 5.56 Å². The van der Waals surface area contributed by atoms with E-state index in [1.807, 2.05) is 12.3 Å². The molecule has 0 saturated heterocycles. The lowest BCUT2D eigenvalue weighted by Gasteiger charge is -2.36. The van der Waals surface area contributed by atoms with Crippen molar-refractivity contribution in [3.8, 4) is 0 Å². The first-order valence-electron chi connectivity index (χ1n) is 7.22. The number of rotatable bonds is 5. The molecule has 1 N–H and O–H groups in total. The van der Waals surface area contributed by atoms with Gasteiger partial charge in [-0.1, -0.05) is 6.08 Å². The van der Waals surface area contributed by atoms with Gasteiger partial charge in [0.15, 0.2) is 0 Å². The van der Waals surface area contributed by atoms with E-state index in [0.29, 0.717) is 0 Å². The van der Waals surface area contributed by atoms with E-state index in [1.54, 1.807) is 0 Å². The Labute approximate surface area is 124 Å². The van der Waals surface area contributed by atoms with Crippen molar-refractivity contribution in [3.63, 3.8) is 0 Å². The second-order valence-corrected chi connectivity index (χ2v) is 7.20. The summed E-state index contributed by atoms with van der Waals surface area (Å²) < 4.78 is 0. The Morgan fingerprint density at radius 2 is 1.90 bits per heavy atom. The zero-order chi connectivity index (χ0) is 15.4. The molecule has 0 bridgehead atoms. The van der Waals surface area contributed by atoms with Crippen LogP contribution in [0.15, 0.2) is 31.0 Å². The minimum Gasteiger partial charge on any atom is -0.348 e. The summed E-state index contributed by atoms with van der Waals surface area (Å²) in [5.74, 6) is 1.01. The maximum atomic E-state index is 4.52.